The average molecular weight is 278 g/mol. The van der Waals surface area contributed by atoms with Gasteiger partial charge in [-0.1, -0.05) is 11.6 Å². The highest BCUT2D eigenvalue weighted by atomic mass is 35.5. The molecule has 7 heteroatoms. The van der Waals surface area contributed by atoms with Crippen LogP contribution in [-0.2, 0) is 0 Å². The van der Waals surface area contributed by atoms with Crippen LogP contribution in [0.1, 0.15) is 21.7 Å². The zero-order valence-corrected chi connectivity index (χ0v) is 11.2. The predicted octanol–water partition coefficient (Wildman–Crippen LogP) is 1.98. The van der Waals surface area contributed by atoms with Gasteiger partial charge in [0.15, 0.2) is 0 Å². The van der Waals surface area contributed by atoms with Crippen LogP contribution in [0.25, 0.3) is 0 Å². The van der Waals surface area contributed by atoms with Crippen LogP contribution in [0.4, 0.5) is 11.6 Å². The maximum absolute atomic E-state index is 12.0. The molecule has 3 N–H and O–H groups in total. The molecule has 0 radical (unpaired) electrons. The molecule has 19 heavy (non-hydrogen) atoms. The molecule has 2 aromatic rings. The fourth-order valence-corrected chi connectivity index (χ4v) is 1.58. The maximum Gasteiger partial charge on any atom is 0.260 e. The minimum absolute atomic E-state index is 0.132. The summed E-state index contributed by atoms with van der Waals surface area (Å²) in [6.07, 6.45) is 0. The van der Waals surface area contributed by atoms with E-state index in [1.54, 1.807) is 26.0 Å². The molecular weight excluding hydrogens is 266 g/mol. The first-order valence-corrected chi connectivity index (χ1v) is 5.89. The number of aryl methyl sites for hydroxylation is 2. The van der Waals surface area contributed by atoms with Crippen molar-refractivity contribution in [3.8, 4) is 0 Å². The smallest absolute Gasteiger partial charge is 0.260 e. The first-order valence-electron chi connectivity index (χ1n) is 5.51. The molecule has 1 amide bonds. The molecule has 1 aromatic carbocycles. The summed E-state index contributed by atoms with van der Waals surface area (Å²) in [7, 11) is 0. The molecule has 0 saturated carbocycles. The second-order valence-electron chi connectivity index (χ2n) is 3.99. The zero-order chi connectivity index (χ0) is 14.0. The highest BCUT2D eigenvalue weighted by molar-refractivity contribution is 6.31. The molecule has 0 atom stereocenters. The lowest BCUT2D eigenvalue weighted by atomic mass is 10.1. The Morgan fingerprint density at radius 3 is 2.68 bits per heavy atom. The Morgan fingerprint density at radius 1 is 1.26 bits per heavy atom. The number of rotatable bonds is 2. The monoisotopic (exact) mass is 277 g/mol. The standard InChI is InChI=1S/C12H12ClN5O/c1-6-7(2)17-18-12(15-6)16-11(19)9-5-8(13)3-4-10(9)14/h3-5H,14H2,1-2H3,(H,15,16,18,19). The number of halogens is 1. The van der Waals surface area contributed by atoms with Gasteiger partial charge in [0.2, 0.25) is 5.95 Å². The Kier molecular flexibility index (Phi) is 3.62. The third kappa shape index (κ3) is 2.97. The lowest BCUT2D eigenvalue weighted by Crippen LogP contribution is -2.17. The molecular formula is C12H12ClN5O. The number of nitrogens with zero attached hydrogens (tertiary/aromatic N) is 3. The highest BCUT2D eigenvalue weighted by Gasteiger charge is 2.12. The quantitative estimate of drug-likeness (QED) is 0.819. The van der Waals surface area contributed by atoms with E-state index in [0.29, 0.717) is 22.1 Å². The van der Waals surface area contributed by atoms with Crippen LogP contribution < -0.4 is 11.1 Å². The van der Waals surface area contributed by atoms with Crippen LogP contribution in [0.5, 0.6) is 0 Å². The summed E-state index contributed by atoms with van der Waals surface area (Å²) in [5, 5.41) is 10.6. The van der Waals surface area contributed by atoms with Gasteiger partial charge in [0.25, 0.3) is 5.91 Å². The third-order valence-corrected chi connectivity index (χ3v) is 2.81. The first kappa shape index (κ1) is 13.2. The van der Waals surface area contributed by atoms with Crippen LogP contribution >= 0.6 is 11.6 Å². The highest BCUT2D eigenvalue weighted by Crippen LogP contribution is 2.18. The van der Waals surface area contributed by atoms with E-state index in [4.69, 9.17) is 17.3 Å². The van der Waals surface area contributed by atoms with Crippen LogP contribution in [0, 0.1) is 13.8 Å². The molecule has 0 bridgehead atoms. The van der Waals surface area contributed by atoms with Gasteiger partial charge in [-0.05, 0) is 32.0 Å². The topological polar surface area (TPSA) is 93.8 Å². The van der Waals surface area contributed by atoms with Crippen molar-refractivity contribution in [3.63, 3.8) is 0 Å². The van der Waals surface area contributed by atoms with Crippen LogP contribution in [0.3, 0.4) is 0 Å². The van der Waals surface area contributed by atoms with Crippen molar-refractivity contribution in [2.24, 2.45) is 0 Å². The Morgan fingerprint density at radius 2 is 2.00 bits per heavy atom. The number of aromatic nitrogens is 3. The molecule has 0 aliphatic rings. The number of hydrogen-bond acceptors (Lipinski definition) is 5. The number of nitrogen functional groups attached to an aromatic ring is 1. The van der Waals surface area contributed by atoms with Crippen LogP contribution in [0.2, 0.25) is 5.02 Å². The number of nitrogens with one attached hydrogen (secondary N) is 1. The Hall–Kier alpha value is -2.21. The summed E-state index contributed by atoms with van der Waals surface area (Å²) < 4.78 is 0. The van der Waals surface area contributed by atoms with Gasteiger partial charge in [0.05, 0.1) is 17.0 Å². The Labute approximate surface area is 115 Å². The third-order valence-electron chi connectivity index (χ3n) is 2.58. The number of anilines is 2. The van der Waals surface area contributed by atoms with E-state index in [1.165, 1.54) is 6.07 Å². The minimum atomic E-state index is -0.426. The molecule has 6 nitrogen and oxygen atoms in total. The summed E-state index contributed by atoms with van der Waals surface area (Å²) in [5.41, 5.74) is 7.73. The Bertz CT molecular complexity index is 644. The number of carbonyl (C=O) groups excluding carboxylic acids is 1. The first-order chi connectivity index (χ1) is 8.97. The second-order valence-corrected chi connectivity index (χ2v) is 4.43. The van der Waals surface area contributed by atoms with Crippen molar-refractivity contribution >= 4 is 29.1 Å². The van der Waals surface area contributed by atoms with Gasteiger partial charge in [-0.3, -0.25) is 10.1 Å². The largest absolute Gasteiger partial charge is 0.398 e. The van der Waals surface area contributed by atoms with Gasteiger partial charge in [-0.15, -0.1) is 5.10 Å². The number of benzene rings is 1. The normalized spacial score (nSPS) is 10.3. The summed E-state index contributed by atoms with van der Waals surface area (Å²) >= 11 is 5.83. The van der Waals surface area contributed by atoms with Crippen molar-refractivity contribution in [1.82, 2.24) is 15.2 Å². The van der Waals surface area contributed by atoms with Gasteiger partial charge < -0.3 is 5.73 Å². The average Bonchev–Trinajstić information content (AvgIpc) is 2.36. The lowest BCUT2D eigenvalue weighted by Gasteiger charge is -2.07. The molecule has 2 rings (SSSR count). The van der Waals surface area contributed by atoms with Gasteiger partial charge in [-0.2, -0.15) is 5.10 Å². The zero-order valence-electron chi connectivity index (χ0n) is 10.4. The molecule has 0 saturated heterocycles. The van der Waals surface area contributed by atoms with E-state index < -0.39 is 5.91 Å². The van der Waals surface area contributed by atoms with E-state index in [9.17, 15) is 4.79 Å². The molecule has 0 spiro atoms. The fraction of sp³-hybridized carbons (Fsp3) is 0.167. The lowest BCUT2D eigenvalue weighted by molar-refractivity contribution is 0.102. The van der Waals surface area contributed by atoms with Gasteiger partial charge in [-0.25, -0.2) is 4.98 Å². The summed E-state index contributed by atoms with van der Waals surface area (Å²) in [6, 6.07) is 4.67. The van der Waals surface area contributed by atoms with E-state index in [-0.39, 0.29) is 11.5 Å². The van der Waals surface area contributed by atoms with Gasteiger partial charge >= 0.3 is 0 Å². The second kappa shape index (κ2) is 5.19. The van der Waals surface area contributed by atoms with Crippen molar-refractivity contribution < 1.29 is 4.79 Å². The molecule has 98 valence electrons. The minimum Gasteiger partial charge on any atom is -0.398 e. The molecule has 0 aliphatic heterocycles. The predicted molar refractivity (Wildman–Crippen MR) is 73.1 cm³/mol. The number of hydrogen-bond donors (Lipinski definition) is 2. The summed E-state index contributed by atoms with van der Waals surface area (Å²) in [5.74, 6) is -0.294. The van der Waals surface area contributed by atoms with Gasteiger partial charge in [0, 0.05) is 10.7 Å². The number of nitrogens with two attached hydrogens (primary N) is 1. The van der Waals surface area contributed by atoms with E-state index in [2.05, 4.69) is 20.5 Å². The van der Waals surface area contributed by atoms with Crippen molar-refractivity contribution in [2.45, 2.75) is 13.8 Å². The summed E-state index contributed by atoms with van der Waals surface area (Å²) in [6.45, 7) is 3.57. The molecule has 0 unspecified atom stereocenters. The van der Waals surface area contributed by atoms with Gasteiger partial charge in [0.1, 0.15) is 0 Å². The van der Waals surface area contributed by atoms with E-state index >= 15 is 0 Å². The number of amides is 1. The van der Waals surface area contributed by atoms with Crippen LogP contribution in [-0.4, -0.2) is 21.1 Å². The van der Waals surface area contributed by atoms with Crippen LogP contribution in [0.15, 0.2) is 18.2 Å². The molecule has 0 fully saturated rings. The maximum atomic E-state index is 12.0. The molecule has 1 heterocycles. The summed E-state index contributed by atoms with van der Waals surface area (Å²) in [4.78, 5) is 16.1. The number of carbonyl (C=O) groups is 1. The van der Waals surface area contributed by atoms with Crippen molar-refractivity contribution in [1.29, 1.82) is 0 Å². The van der Waals surface area contributed by atoms with Crippen molar-refractivity contribution in [2.75, 3.05) is 11.1 Å². The van der Waals surface area contributed by atoms with E-state index in [0.717, 1.165) is 0 Å². The van der Waals surface area contributed by atoms with Crippen molar-refractivity contribution in [3.05, 3.63) is 40.2 Å². The molecule has 0 aliphatic carbocycles. The Balaban J connectivity index is 2.25. The van der Waals surface area contributed by atoms with E-state index in [1.807, 2.05) is 0 Å². The molecule has 1 aromatic heterocycles. The SMILES string of the molecule is Cc1nnc(NC(=O)c2cc(Cl)ccc2N)nc1C. The fourth-order valence-electron chi connectivity index (χ4n) is 1.40.